The quantitative estimate of drug-likeness (QED) is 0.438. The molecule has 0 radical (unpaired) electrons. The van der Waals surface area contributed by atoms with Crippen molar-refractivity contribution < 1.29 is 40.6 Å². The Balaban J connectivity index is 3.14. The van der Waals surface area contributed by atoms with E-state index in [1.54, 1.807) is 0 Å². The second-order valence-corrected chi connectivity index (χ2v) is 3.29. The molecule has 0 atom stereocenters. The van der Waals surface area contributed by atoms with Crippen LogP contribution in [0.5, 0.6) is 11.8 Å². The first-order chi connectivity index (χ1) is 9.71. The Morgan fingerprint density at radius 2 is 1.48 bits per heavy atom. The molecule has 0 saturated heterocycles. The smallest absolute Gasteiger partial charge is 0.412 e. The maximum absolute atomic E-state index is 12.7. The summed E-state index contributed by atoms with van der Waals surface area (Å²) in [6.07, 6.45) is -7.71. The number of hydrogen-bond acceptors (Lipinski definition) is 6. The van der Waals surface area contributed by atoms with Gasteiger partial charge < -0.3 is 9.47 Å². The summed E-state index contributed by atoms with van der Waals surface area (Å²) < 4.78 is 82.1. The van der Waals surface area contributed by atoms with Crippen LogP contribution in [0.4, 0.5) is 32.3 Å². The van der Waals surface area contributed by atoms with Crippen LogP contribution in [-0.2, 0) is 4.79 Å². The fourth-order valence-corrected chi connectivity index (χ4v) is 0.948. The van der Waals surface area contributed by atoms with Gasteiger partial charge in [0, 0.05) is 0 Å². The lowest BCUT2D eigenvalue weighted by Gasteiger charge is -2.16. The third-order valence-electron chi connectivity index (χ3n) is 1.63. The third-order valence-corrected chi connectivity index (χ3v) is 1.63. The van der Waals surface area contributed by atoms with Crippen molar-refractivity contribution in [2.24, 2.45) is 4.99 Å². The van der Waals surface area contributed by atoms with Crippen molar-refractivity contribution in [3.8, 4) is 11.8 Å². The van der Waals surface area contributed by atoms with E-state index in [-0.39, 0.29) is 0 Å². The average molecular weight is 317 g/mol. The lowest BCUT2D eigenvalue weighted by Crippen LogP contribution is -2.29. The normalized spacial score (nSPS) is 11.7. The first-order valence-corrected chi connectivity index (χ1v) is 4.94. The largest absolute Gasteiger partial charge is 0.428 e. The van der Waals surface area contributed by atoms with Crippen molar-refractivity contribution in [2.75, 3.05) is 13.3 Å². The van der Waals surface area contributed by atoms with Crippen LogP contribution >= 0.6 is 0 Å². The number of halogens is 6. The van der Waals surface area contributed by atoms with E-state index in [9.17, 15) is 31.1 Å². The third kappa shape index (κ3) is 5.26. The van der Waals surface area contributed by atoms with Gasteiger partial charge in [0.2, 0.25) is 17.8 Å². The Bertz CT molecular complexity index is 513. The van der Waals surface area contributed by atoms with Crippen LogP contribution < -0.4 is 9.47 Å². The van der Waals surface area contributed by atoms with Gasteiger partial charge in [-0.15, -0.1) is 4.99 Å². The first kappa shape index (κ1) is 16.7. The number of isocyanates is 1. The number of carbonyl (C=O) groups excluding carboxylic acids is 1. The number of alkyl halides is 6. The molecular weight excluding hydrogens is 312 g/mol. The van der Waals surface area contributed by atoms with Crippen LogP contribution in [0.2, 0.25) is 0 Å². The summed E-state index contributed by atoms with van der Waals surface area (Å²) in [5.74, 6) is -3.17. The van der Waals surface area contributed by atoms with Crippen molar-refractivity contribution >= 4 is 12.0 Å². The van der Waals surface area contributed by atoms with Crippen LogP contribution in [0, 0.1) is 0 Å². The van der Waals surface area contributed by atoms with E-state index in [0.717, 1.165) is 6.08 Å². The molecule has 0 saturated carbocycles. The van der Waals surface area contributed by atoms with Gasteiger partial charge in [0.25, 0.3) is 5.95 Å². The highest BCUT2D eigenvalue weighted by atomic mass is 19.3. The predicted octanol–water partition coefficient (Wildman–Crippen LogP) is 2.33. The van der Waals surface area contributed by atoms with Crippen molar-refractivity contribution in [2.45, 2.75) is 12.2 Å². The second kappa shape index (κ2) is 6.39. The zero-order valence-electron chi connectivity index (χ0n) is 9.83. The lowest BCUT2D eigenvalue weighted by atomic mass is 10.5. The number of aromatic nitrogens is 2. The maximum atomic E-state index is 12.7. The zero-order valence-corrected chi connectivity index (χ0v) is 9.83. The Morgan fingerprint density at radius 1 is 1.05 bits per heavy atom. The fourth-order valence-electron chi connectivity index (χ4n) is 0.948. The molecular formula is C9H5F6N3O3. The summed E-state index contributed by atoms with van der Waals surface area (Å²) >= 11 is 0. The van der Waals surface area contributed by atoms with E-state index < -0.39 is 43.3 Å². The highest BCUT2D eigenvalue weighted by Crippen LogP contribution is 2.28. The molecule has 0 fully saturated rings. The Morgan fingerprint density at radius 3 is 1.81 bits per heavy atom. The molecule has 0 aliphatic rings. The molecule has 1 heterocycles. The van der Waals surface area contributed by atoms with Gasteiger partial charge in [0.1, 0.15) is 0 Å². The maximum Gasteiger partial charge on any atom is 0.428 e. The predicted molar refractivity (Wildman–Crippen MR) is 52.9 cm³/mol. The van der Waals surface area contributed by atoms with Gasteiger partial charge in [-0.25, -0.2) is 13.6 Å². The van der Waals surface area contributed by atoms with E-state index in [1.807, 2.05) is 0 Å². The van der Waals surface area contributed by atoms with Crippen molar-refractivity contribution in [3.05, 3.63) is 6.07 Å². The van der Waals surface area contributed by atoms with Crippen molar-refractivity contribution in [1.29, 1.82) is 0 Å². The van der Waals surface area contributed by atoms with Crippen LogP contribution in [0.1, 0.15) is 0 Å². The molecule has 0 amide bonds. The minimum atomic E-state index is -4.31. The lowest BCUT2D eigenvalue weighted by molar-refractivity contribution is -0.191. The minimum Gasteiger partial charge on any atom is -0.412 e. The summed E-state index contributed by atoms with van der Waals surface area (Å²) in [6.45, 7) is -4.47. The van der Waals surface area contributed by atoms with Gasteiger partial charge in [0.15, 0.2) is 13.3 Å². The fraction of sp³-hybridized carbons (Fsp3) is 0.444. The molecule has 21 heavy (non-hydrogen) atoms. The summed E-state index contributed by atoms with van der Waals surface area (Å²) in [5, 5.41) is 0. The number of rotatable bonds is 7. The van der Waals surface area contributed by atoms with E-state index in [0.29, 0.717) is 6.07 Å². The standard InChI is InChI=1S/C9H5F6N3O3/c10-2-8(12,13)20-5-1-6(21-9(14,15)3-11)18-7(17-5)16-4-19/h1H,2-3H2. The Hall–Kier alpha value is -2.36. The molecule has 0 aromatic carbocycles. The highest BCUT2D eigenvalue weighted by Gasteiger charge is 2.35. The zero-order chi connectivity index (χ0) is 16.1. The monoisotopic (exact) mass is 317 g/mol. The van der Waals surface area contributed by atoms with Crippen LogP contribution in [0.25, 0.3) is 0 Å². The summed E-state index contributed by atoms with van der Waals surface area (Å²) in [5.41, 5.74) is 0. The van der Waals surface area contributed by atoms with Crippen LogP contribution in [0.3, 0.4) is 0 Å². The summed E-state index contributed by atoms with van der Waals surface area (Å²) in [6, 6.07) is 0.316. The van der Waals surface area contributed by atoms with E-state index in [2.05, 4.69) is 24.4 Å². The van der Waals surface area contributed by atoms with Gasteiger partial charge in [0.05, 0.1) is 6.07 Å². The van der Waals surface area contributed by atoms with Crippen LogP contribution in [0.15, 0.2) is 11.1 Å². The molecule has 1 rings (SSSR count). The molecule has 1 aromatic heterocycles. The molecule has 116 valence electrons. The van der Waals surface area contributed by atoms with E-state index in [4.69, 9.17) is 0 Å². The van der Waals surface area contributed by atoms with Gasteiger partial charge in [-0.1, -0.05) is 0 Å². The molecule has 0 aliphatic carbocycles. The number of ether oxygens (including phenoxy) is 2. The van der Waals surface area contributed by atoms with Gasteiger partial charge >= 0.3 is 12.2 Å². The van der Waals surface area contributed by atoms with Gasteiger partial charge in [-0.2, -0.15) is 27.5 Å². The molecule has 0 bridgehead atoms. The second-order valence-electron chi connectivity index (χ2n) is 3.29. The molecule has 12 heteroatoms. The molecule has 0 aliphatic heterocycles. The molecule has 0 unspecified atom stereocenters. The van der Waals surface area contributed by atoms with E-state index >= 15 is 0 Å². The molecule has 0 spiro atoms. The summed E-state index contributed by atoms with van der Waals surface area (Å²) in [4.78, 5) is 19.0. The minimum absolute atomic E-state index is 0.316. The molecule has 1 aromatic rings. The number of nitrogens with zero attached hydrogens (tertiary/aromatic N) is 3. The molecule has 0 N–H and O–H groups in total. The highest BCUT2D eigenvalue weighted by molar-refractivity contribution is 5.42. The van der Waals surface area contributed by atoms with E-state index in [1.165, 1.54) is 0 Å². The number of aliphatic imine (C=N–C) groups is 1. The average Bonchev–Trinajstić information content (AvgIpc) is 2.38. The number of hydrogen-bond donors (Lipinski definition) is 0. The Kier molecular flexibility index (Phi) is 5.08. The van der Waals surface area contributed by atoms with Gasteiger partial charge in [-0.3, -0.25) is 0 Å². The van der Waals surface area contributed by atoms with Gasteiger partial charge in [-0.05, 0) is 0 Å². The van der Waals surface area contributed by atoms with Crippen LogP contribution in [-0.4, -0.2) is 41.6 Å². The SMILES string of the molecule is O=C=Nc1nc(OC(F)(F)CF)cc(OC(F)(F)CF)n1. The summed E-state index contributed by atoms with van der Waals surface area (Å²) in [7, 11) is 0. The van der Waals surface area contributed by atoms with Crippen molar-refractivity contribution in [1.82, 2.24) is 9.97 Å². The van der Waals surface area contributed by atoms with Crippen molar-refractivity contribution in [3.63, 3.8) is 0 Å². The molecule has 6 nitrogen and oxygen atoms in total. The Labute approximate surface area is 112 Å². The first-order valence-electron chi connectivity index (χ1n) is 4.94. The topological polar surface area (TPSA) is 73.7 Å².